The van der Waals surface area contributed by atoms with Crippen LogP contribution in [0.5, 0.6) is 0 Å². The van der Waals surface area contributed by atoms with Crippen LogP contribution in [-0.2, 0) is 0 Å². The lowest BCUT2D eigenvalue weighted by Gasteiger charge is -2.33. The lowest BCUT2D eigenvalue weighted by molar-refractivity contribution is 0.0690. The van der Waals surface area contributed by atoms with Crippen molar-refractivity contribution >= 4 is 17.4 Å². The van der Waals surface area contributed by atoms with E-state index in [1.807, 2.05) is 18.2 Å². The number of anilines is 1. The number of fused-ring (bicyclic) bond motifs is 1. The molecule has 0 amide bonds. The molecule has 1 aliphatic rings. The molecular formula is C20H15N3O3. The van der Waals surface area contributed by atoms with Crippen molar-refractivity contribution < 1.29 is 14.7 Å². The molecule has 6 nitrogen and oxygen atoms in total. The van der Waals surface area contributed by atoms with Crippen molar-refractivity contribution in [1.29, 1.82) is 0 Å². The second kappa shape index (κ2) is 6.40. The van der Waals surface area contributed by atoms with Gasteiger partial charge in [-0.05, 0) is 36.4 Å². The third-order valence-corrected chi connectivity index (χ3v) is 4.48. The largest absolute Gasteiger partial charge is 0.478 e. The number of hydrogen-bond donors (Lipinski definition) is 2. The third-order valence-electron chi connectivity index (χ3n) is 4.48. The Morgan fingerprint density at radius 1 is 0.923 bits per heavy atom. The van der Waals surface area contributed by atoms with Gasteiger partial charge in [0, 0.05) is 18.1 Å². The van der Waals surface area contributed by atoms with Crippen LogP contribution >= 0.6 is 0 Å². The fourth-order valence-corrected chi connectivity index (χ4v) is 3.34. The molecule has 26 heavy (non-hydrogen) atoms. The Bertz CT molecular complexity index is 974. The molecule has 0 aliphatic carbocycles. The smallest absolute Gasteiger partial charge is 0.336 e. The van der Waals surface area contributed by atoms with Gasteiger partial charge in [-0.2, -0.15) is 0 Å². The molecule has 2 atom stereocenters. The summed E-state index contributed by atoms with van der Waals surface area (Å²) < 4.78 is 0. The Kier molecular flexibility index (Phi) is 3.93. The van der Waals surface area contributed by atoms with Gasteiger partial charge in [0.2, 0.25) is 0 Å². The Balaban J connectivity index is 1.92. The number of carboxylic acid groups (broad SMARTS) is 1. The first-order valence-corrected chi connectivity index (χ1v) is 8.15. The minimum atomic E-state index is -1.13. The zero-order valence-electron chi connectivity index (χ0n) is 13.7. The van der Waals surface area contributed by atoms with Gasteiger partial charge in [-0.15, -0.1) is 0 Å². The first-order valence-electron chi connectivity index (χ1n) is 8.15. The molecule has 0 spiro atoms. The van der Waals surface area contributed by atoms with Crippen molar-refractivity contribution in [1.82, 2.24) is 9.97 Å². The average molecular weight is 345 g/mol. The van der Waals surface area contributed by atoms with Gasteiger partial charge < -0.3 is 10.4 Å². The zero-order chi connectivity index (χ0) is 18.1. The summed E-state index contributed by atoms with van der Waals surface area (Å²) in [6.07, 6.45) is 3.29. The summed E-state index contributed by atoms with van der Waals surface area (Å²) in [6.45, 7) is 0. The van der Waals surface area contributed by atoms with Crippen LogP contribution in [0.4, 0.5) is 5.69 Å². The van der Waals surface area contributed by atoms with Crippen LogP contribution in [-0.4, -0.2) is 26.8 Å². The number of carbonyl (C=O) groups is 2. The minimum Gasteiger partial charge on any atom is -0.478 e. The predicted molar refractivity (Wildman–Crippen MR) is 95.3 cm³/mol. The van der Waals surface area contributed by atoms with Crippen molar-refractivity contribution in [2.24, 2.45) is 0 Å². The molecule has 128 valence electrons. The van der Waals surface area contributed by atoms with E-state index in [1.54, 1.807) is 42.7 Å². The van der Waals surface area contributed by atoms with Gasteiger partial charge in [-0.1, -0.05) is 18.2 Å². The van der Waals surface area contributed by atoms with Crippen LogP contribution in [0.1, 0.15) is 44.1 Å². The highest BCUT2D eigenvalue weighted by atomic mass is 16.4. The molecule has 0 radical (unpaired) electrons. The maximum atomic E-state index is 13.4. The Morgan fingerprint density at radius 3 is 2.23 bits per heavy atom. The van der Waals surface area contributed by atoms with Gasteiger partial charge in [0.25, 0.3) is 0 Å². The van der Waals surface area contributed by atoms with E-state index in [9.17, 15) is 14.7 Å². The molecule has 3 aromatic rings. The maximum Gasteiger partial charge on any atom is 0.336 e. The molecule has 2 N–H and O–H groups in total. The van der Waals surface area contributed by atoms with E-state index in [-0.39, 0.29) is 16.9 Å². The summed E-state index contributed by atoms with van der Waals surface area (Å²) in [6, 6.07) is 15.2. The first kappa shape index (κ1) is 16.0. The lowest BCUT2D eigenvalue weighted by atomic mass is 9.80. The third kappa shape index (κ3) is 2.61. The van der Waals surface area contributed by atoms with Crippen LogP contribution in [0, 0.1) is 0 Å². The highest BCUT2D eigenvalue weighted by molar-refractivity contribution is 6.14. The second-order valence-corrected chi connectivity index (χ2v) is 6.01. The number of carboxylic acids is 1. The zero-order valence-corrected chi connectivity index (χ0v) is 13.7. The van der Waals surface area contributed by atoms with E-state index in [2.05, 4.69) is 15.3 Å². The van der Waals surface area contributed by atoms with Crippen LogP contribution in [0.2, 0.25) is 0 Å². The topological polar surface area (TPSA) is 92.2 Å². The first-order chi connectivity index (χ1) is 12.7. The molecule has 1 aromatic carbocycles. The van der Waals surface area contributed by atoms with Crippen molar-refractivity contribution in [3.63, 3.8) is 0 Å². The van der Waals surface area contributed by atoms with Gasteiger partial charge in [0.15, 0.2) is 5.78 Å². The summed E-state index contributed by atoms with van der Waals surface area (Å²) in [5, 5.41) is 12.8. The summed E-state index contributed by atoms with van der Waals surface area (Å²) >= 11 is 0. The van der Waals surface area contributed by atoms with E-state index >= 15 is 0 Å². The fourth-order valence-electron chi connectivity index (χ4n) is 3.34. The van der Waals surface area contributed by atoms with Gasteiger partial charge in [0.05, 0.1) is 34.5 Å². The number of benzene rings is 1. The number of pyridine rings is 2. The summed E-state index contributed by atoms with van der Waals surface area (Å²) in [7, 11) is 0. The van der Waals surface area contributed by atoms with Crippen LogP contribution in [0.25, 0.3) is 0 Å². The fraction of sp³-hybridized carbons (Fsp3) is 0.100. The molecule has 2 unspecified atom stereocenters. The monoisotopic (exact) mass is 345 g/mol. The molecule has 3 heterocycles. The molecule has 2 aromatic heterocycles. The molecule has 0 bridgehead atoms. The normalized spacial score (nSPS) is 18.7. The van der Waals surface area contributed by atoms with E-state index in [0.29, 0.717) is 17.1 Å². The second-order valence-electron chi connectivity index (χ2n) is 6.01. The number of nitrogens with zero attached hydrogens (tertiary/aromatic N) is 2. The minimum absolute atomic E-state index is 0.0135. The van der Waals surface area contributed by atoms with Crippen molar-refractivity contribution in [2.45, 2.75) is 12.0 Å². The molecule has 6 heteroatoms. The van der Waals surface area contributed by atoms with E-state index in [4.69, 9.17) is 0 Å². The number of aromatic nitrogens is 2. The molecule has 0 saturated heterocycles. The van der Waals surface area contributed by atoms with Gasteiger partial charge >= 0.3 is 5.97 Å². The number of hydrogen-bond acceptors (Lipinski definition) is 5. The van der Waals surface area contributed by atoms with Crippen molar-refractivity contribution in [2.75, 3.05) is 5.32 Å². The highest BCUT2D eigenvalue weighted by Gasteiger charge is 2.40. The molecule has 1 aliphatic heterocycles. The Morgan fingerprint density at radius 2 is 1.62 bits per heavy atom. The number of aromatic carboxylic acids is 1. The Hall–Kier alpha value is -3.54. The molecule has 0 saturated carbocycles. The van der Waals surface area contributed by atoms with Crippen LogP contribution < -0.4 is 5.32 Å². The summed E-state index contributed by atoms with van der Waals surface area (Å²) in [5.41, 5.74) is 1.94. The number of carbonyl (C=O) groups excluding carboxylic acids is 1. The van der Waals surface area contributed by atoms with Gasteiger partial charge in [-0.25, -0.2) is 4.79 Å². The highest BCUT2D eigenvalue weighted by Crippen LogP contribution is 2.42. The van der Waals surface area contributed by atoms with Crippen molar-refractivity contribution in [3.05, 3.63) is 89.5 Å². The molecule has 4 rings (SSSR count). The van der Waals surface area contributed by atoms with E-state index in [1.165, 1.54) is 6.07 Å². The lowest BCUT2D eigenvalue weighted by Crippen LogP contribution is -2.34. The average Bonchev–Trinajstić information content (AvgIpc) is 2.68. The van der Waals surface area contributed by atoms with E-state index in [0.717, 1.165) is 0 Å². The molecular weight excluding hydrogens is 330 g/mol. The number of ketones is 1. The van der Waals surface area contributed by atoms with Crippen LogP contribution in [0.3, 0.4) is 0 Å². The Labute approximate surface area is 149 Å². The molecule has 0 fully saturated rings. The summed E-state index contributed by atoms with van der Waals surface area (Å²) in [4.78, 5) is 33.7. The SMILES string of the molecule is O=C(O)c1cccc2c1C(=O)C(c1ccccn1)C(c1ccccn1)N2. The number of nitrogens with one attached hydrogen (secondary N) is 1. The van der Waals surface area contributed by atoms with Crippen molar-refractivity contribution in [3.8, 4) is 0 Å². The standard InChI is InChI=1S/C20H15N3O3/c24-19-16-12(20(25)26)6-5-9-14(16)23-18(15-8-2-4-11-22-15)17(19)13-7-1-3-10-21-13/h1-11,17-18,23H,(H,25,26). The number of Topliss-reactive ketones (excluding diaryl/α,β-unsaturated/α-hetero) is 1. The predicted octanol–water partition coefficient (Wildman–Crippen LogP) is 3.31. The van der Waals surface area contributed by atoms with Crippen LogP contribution in [0.15, 0.2) is 67.0 Å². The quantitative estimate of drug-likeness (QED) is 0.757. The maximum absolute atomic E-state index is 13.4. The summed E-state index contributed by atoms with van der Waals surface area (Å²) in [5.74, 6) is -2.07. The van der Waals surface area contributed by atoms with Gasteiger partial charge in [0.1, 0.15) is 0 Å². The number of rotatable bonds is 3. The van der Waals surface area contributed by atoms with Gasteiger partial charge in [-0.3, -0.25) is 14.8 Å². The van der Waals surface area contributed by atoms with E-state index < -0.39 is 17.9 Å².